The smallest absolute Gasteiger partial charge is 0.416 e. The van der Waals surface area contributed by atoms with Gasteiger partial charge in [-0.15, -0.1) is 5.10 Å². The fourth-order valence-corrected chi connectivity index (χ4v) is 2.54. The lowest BCUT2D eigenvalue weighted by molar-refractivity contribution is -0.143. The van der Waals surface area contributed by atoms with E-state index >= 15 is 0 Å². The highest BCUT2D eigenvalue weighted by atomic mass is 19.4. The molecule has 2 aromatic heterocycles. The molecule has 3 rings (SSSR count). The van der Waals surface area contributed by atoms with E-state index in [0.717, 1.165) is 10.9 Å². The minimum absolute atomic E-state index is 0.00874. The molecular weight excluding hydrogens is 432 g/mol. The van der Waals surface area contributed by atoms with Crippen LogP contribution in [0.3, 0.4) is 0 Å². The maximum atomic E-state index is 13.1. The highest BCUT2D eigenvalue weighted by Gasteiger charge is 2.37. The largest absolute Gasteiger partial charge is 0.478 e. The van der Waals surface area contributed by atoms with Crippen molar-refractivity contribution in [1.29, 1.82) is 0 Å². The second-order valence-corrected chi connectivity index (χ2v) is 6.20. The number of nitrogens with zero attached hydrogens (tertiary/aromatic N) is 5. The van der Waals surface area contributed by atoms with Crippen molar-refractivity contribution in [2.24, 2.45) is 0 Å². The summed E-state index contributed by atoms with van der Waals surface area (Å²) in [6.07, 6.45) is -5.46. The van der Waals surface area contributed by atoms with Gasteiger partial charge in [0.2, 0.25) is 0 Å². The molecule has 0 aliphatic carbocycles. The van der Waals surface area contributed by atoms with Gasteiger partial charge in [-0.05, 0) is 25.1 Å². The van der Waals surface area contributed by atoms with Gasteiger partial charge in [0, 0.05) is 29.7 Å². The maximum Gasteiger partial charge on any atom is 0.416 e. The first-order chi connectivity index (χ1) is 14.4. The van der Waals surface area contributed by atoms with Gasteiger partial charge in [0.15, 0.2) is 5.82 Å². The quantitative estimate of drug-likeness (QED) is 0.481. The highest BCUT2D eigenvalue weighted by Crippen LogP contribution is 2.38. The third-order valence-corrected chi connectivity index (χ3v) is 4.00. The molecule has 2 heterocycles. The van der Waals surface area contributed by atoms with E-state index in [0.29, 0.717) is 12.1 Å². The molecule has 0 aliphatic rings. The lowest BCUT2D eigenvalue weighted by atomic mass is 10.0. The predicted molar refractivity (Wildman–Crippen MR) is 94.0 cm³/mol. The minimum Gasteiger partial charge on any atom is -0.478 e. The monoisotopic (exact) mass is 443 g/mol. The Hall–Kier alpha value is -3.77. The second kappa shape index (κ2) is 7.81. The number of carboxylic acid groups (broad SMARTS) is 1. The SMILES string of the molecule is Cc1nc(-c2cc(C(F)(F)F)cc(C(F)(F)F)c2)nn1/C=C(/C(=O)O)c1cncnc1. The molecule has 0 radical (unpaired) electrons. The molecule has 7 nitrogen and oxygen atoms in total. The maximum absolute atomic E-state index is 13.1. The molecule has 162 valence electrons. The van der Waals surface area contributed by atoms with Crippen molar-refractivity contribution in [3.63, 3.8) is 0 Å². The number of hydrogen-bond donors (Lipinski definition) is 1. The van der Waals surface area contributed by atoms with Crippen molar-refractivity contribution in [1.82, 2.24) is 24.7 Å². The molecule has 0 saturated heterocycles. The van der Waals surface area contributed by atoms with Crippen LogP contribution in [0.25, 0.3) is 23.2 Å². The molecule has 1 N–H and O–H groups in total. The molecule has 0 bridgehead atoms. The molecule has 0 unspecified atom stereocenters. The van der Waals surface area contributed by atoms with E-state index in [-0.39, 0.29) is 23.0 Å². The summed E-state index contributed by atoms with van der Waals surface area (Å²) >= 11 is 0. The van der Waals surface area contributed by atoms with Crippen LogP contribution in [-0.2, 0) is 17.1 Å². The molecule has 0 aliphatic heterocycles. The van der Waals surface area contributed by atoms with E-state index in [1.54, 1.807) is 0 Å². The zero-order valence-corrected chi connectivity index (χ0v) is 15.4. The molecule has 3 aromatic rings. The average molecular weight is 443 g/mol. The van der Waals surface area contributed by atoms with Crippen LogP contribution in [0.4, 0.5) is 26.3 Å². The van der Waals surface area contributed by atoms with Crippen LogP contribution < -0.4 is 0 Å². The molecule has 0 saturated carbocycles. The van der Waals surface area contributed by atoms with Crippen LogP contribution in [0.15, 0.2) is 36.9 Å². The Labute approximate surface area is 169 Å². The Morgan fingerprint density at radius 1 is 1.00 bits per heavy atom. The van der Waals surface area contributed by atoms with E-state index in [1.807, 2.05) is 0 Å². The van der Waals surface area contributed by atoms with E-state index in [4.69, 9.17) is 0 Å². The summed E-state index contributed by atoms with van der Waals surface area (Å²) in [5.74, 6) is -1.80. The first-order valence-corrected chi connectivity index (χ1v) is 8.30. The first kappa shape index (κ1) is 21.9. The van der Waals surface area contributed by atoms with Crippen molar-refractivity contribution in [2.45, 2.75) is 19.3 Å². The Morgan fingerprint density at radius 3 is 2.03 bits per heavy atom. The molecule has 13 heteroatoms. The van der Waals surface area contributed by atoms with Gasteiger partial charge in [0.05, 0.1) is 16.7 Å². The molecule has 0 atom stereocenters. The van der Waals surface area contributed by atoms with Gasteiger partial charge in [-0.2, -0.15) is 26.3 Å². The fraction of sp³-hybridized carbons (Fsp3) is 0.167. The number of carboxylic acids is 1. The number of hydrogen-bond acceptors (Lipinski definition) is 5. The molecule has 1 aromatic carbocycles. The highest BCUT2D eigenvalue weighted by molar-refractivity contribution is 6.19. The molecular formula is C18H11F6N5O2. The van der Waals surface area contributed by atoms with Crippen molar-refractivity contribution < 1.29 is 36.2 Å². The van der Waals surface area contributed by atoms with Crippen molar-refractivity contribution in [2.75, 3.05) is 0 Å². The first-order valence-electron chi connectivity index (χ1n) is 8.30. The topological polar surface area (TPSA) is 93.8 Å². The number of carbonyl (C=O) groups is 1. The van der Waals surface area contributed by atoms with Crippen LogP contribution in [-0.4, -0.2) is 35.8 Å². The minimum atomic E-state index is -5.03. The van der Waals surface area contributed by atoms with Crippen LogP contribution in [0.5, 0.6) is 0 Å². The molecule has 31 heavy (non-hydrogen) atoms. The van der Waals surface area contributed by atoms with Gasteiger partial charge in [0.25, 0.3) is 0 Å². The summed E-state index contributed by atoms with van der Waals surface area (Å²) in [6, 6.07) is 0.966. The van der Waals surface area contributed by atoms with Gasteiger partial charge in [0.1, 0.15) is 12.2 Å². The van der Waals surface area contributed by atoms with Crippen molar-refractivity contribution >= 4 is 17.7 Å². The molecule has 0 fully saturated rings. The average Bonchev–Trinajstić information content (AvgIpc) is 3.05. The number of alkyl halides is 6. The van der Waals surface area contributed by atoms with Gasteiger partial charge in [-0.1, -0.05) is 0 Å². The summed E-state index contributed by atoms with van der Waals surface area (Å²) in [7, 11) is 0. The summed E-state index contributed by atoms with van der Waals surface area (Å²) in [4.78, 5) is 22.8. The number of benzene rings is 1. The third kappa shape index (κ3) is 4.87. The van der Waals surface area contributed by atoms with Crippen LogP contribution in [0, 0.1) is 6.92 Å². The second-order valence-electron chi connectivity index (χ2n) is 6.20. The lowest BCUT2D eigenvalue weighted by Gasteiger charge is -2.13. The number of aliphatic carboxylic acids is 1. The Balaban J connectivity index is 2.13. The van der Waals surface area contributed by atoms with Gasteiger partial charge in [-0.3, -0.25) is 0 Å². The zero-order chi connectivity index (χ0) is 23.0. The lowest BCUT2D eigenvalue weighted by Crippen LogP contribution is -2.11. The number of halogens is 6. The normalized spacial score (nSPS) is 12.8. The summed E-state index contributed by atoms with van der Waals surface area (Å²) in [5, 5.41) is 13.3. The Bertz CT molecular complexity index is 1120. The fourth-order valence-electron chi connectivity index (χ4n) is 2.54. The number of aryl methyl sites for hydroxylation is 1. The van der Waals surface area contributed by atoms with Gasteiger partial charge < -0.3 is 5.11 Å². The van der Waals surface area contributed by atoms with E-state index in [1.165, 1.54) is 25.6 Å². The van der Waals surface area contributed by atoms with E-state index in [2.05, 4.69) is 20.1 Å². The molecule has 0 spiro atoms. The standard InChI is InChI=1S/C18H11F6N5O2/c1-9-27-15(10-2-12(17(19,20)21)4-13(3-10)18(22,23)24)28-29(9)7-14(16(30)31)11-5-25-8-26-6-11/h2-8H,1H3,(H,30,31)/b14-7+. The summed E-state index contributed by atoms with van der Waals surface area (Å²) in [5.41, 5.74) is -3.79. The van der Waals surface area contributed by atoms with Crippen molar-refractivity contribution in [3.05, 3.63) is 59.4 Å². The summed E-state index contributed by atoms with van der Waals surface area (Å²) in [6.45, 7) is 1.35. The number of rotatable bonds is 4. The molecule has 0 amide bonds. The van der Waals surface area contributed by atoms with Crippen LogP contribution in [0.2, 0.25) is 0 Å². The van der Waals surface area contributed by atoms with Crippen LogP contribution >= 0.6 is 0 Å². The zero-order valence-electron chi connectivity index (χ0n) is 15.4. The number of aromatic nitrogens is 5. The van der Waals surface area contributed by atoms with E-state index in [9.17, 15) is 36.2 Å². The predicted octanol–water partition coefficient (Wildman–Crippen LogP) is 4.16. The Morgan fingerprint density at radius 2 is 1.55 bits per heavy atom. The van der Waals surface area contributed by atoms with Crippen molar-refractivity contribution in [3.8, 4) is 11.4 Å². The van der Waals surface area contributed by atoms with Gasteiger partial charge in [-0.25, -0.2) is 24.4 Å². The Kier molecular flexibility index (Phi) is 5.53. The van der Waals surface area contributed by atoms with Crippen LogP contribution in [0.1, 0.15) is 22.5 Å². The third-order valence-electron chi connectivity index (χ3n) is 4.00. The van der Waals surface area contributed by atoms with Gasteiger partial charge >= 0.3 is 18.3 Å². The van der Waals surface area contributed by atoms with E-state index < -0.39 is 40.8 Å². The summed E-state index contributed by atoms with van der Waals surface area (Å²) < 4.78 is 79.4.